The predicted octanol–water partition coefficient (Wildman–Crippen LogP) is 1.56. The van der Waals surface area contributed by atoms with Crippen LogP contribution in [0.15, 0.2) is 0 Å². The Hall–Kier alpha value is -0.610. The zero-order chi connectivity index (χ0) is 14.3. The molecule has 1 aliphatic rings. The fraction of sp³-hybridized carbons (Fsp3) is 0.933. The number of likely N-dealkylation sites (N-methyl/N-ethyl adjacent to an activating group) is 1. The van der Waals surface area contributed by atoms with Crippen molar-refractivity contribution in [1.82, 2.24) is 15.1 Å². The lowest BCUT2D eigenvalue weighted by Gasteiger charge is -2.36. The molecular weight excluding hydrogens is 238 g/mol. The second kappa shape index (κ2) is 8.54. The van der Waals surface area contributed by atoms with Crippen molar-refractivity contribution in [2.75, 3.05) is 39.8 Å². The van der Waals surface area contributed by atoms with Gasteiger partial charge >= 0.3 is 0 Å². The van der Waals surface area contributed by atoms with Gasteiger partial charge in [0.2, 0.25) is 5.91 Å². The van der Waals surface area contributed by atoms with Crippen LogP contribution in [0.5, 0.6) is 0 Å². The quantitative estimate of drug-likeness (QED) is 0.762. The second-order valence-corrected chi connectivity index (χ2v) is 5.79. The second-order valence-electron chi connectivity index (χ2n) is 5.79. The number of carbonyl (C=O) groups is 1. The van der Waals surface area contributed by atoms with Crippen molar-refractivity contribution in [3.8, 4) is 0 Å². The van der Waals surface area contributed by atoms with Crippen molar-refractivity contribution in [1.29, 1.82) is 0 Å². The van der Waals surface area contributed by atoms with Gasteiger partial charge in [-0.15, -0.1) is 0 Å². The van der Waals surface area contributed by atoms with Crippen LogP contribution < -0.4 is 5.32 Å². The highest BCUT2D eigenvalue weighted by molar-refractivity contribution is 5.77. The van der Waals surface area contributed by atoms with Crippen LogP contribution in [0.1, 0.15) is 40.0 Å². The number of rotatable bonds is 7. The van der Waals surface area contributed by atoms with Gasteiger partial charge < -0.3 is 10.2 Å². The summed E-state index contributed by atoms with van der Waals surface area (Å²) in [5, 5.41) is 3.59. The molecule has 0 radical (unpaired) electrons. The van der Waals surface area contributed by atoms with Crippen LogP contribution in [-0.2, 0) is 4.79 Å². The third-order valence-electron chi connectivity index (χ3n) is 4.22. The monoisotopic (exact) mass is 269 g/mol. The van der Waals surface area contributed by atoms with E-state index in [-0.39, 0.29) is 5.91 Å². The highest BCUT2D eigenvalue weighted by atomic mass is 16.2. The lowest BCUT2D eigenvalue weighted by atomic mass is 9.91. The van der Waals surface area contributed by atoms with Crippen molar-refractivity contribution in [3.63, 3.8) is 0 Å². The first-order valence-corrected chi connectivity index (χ1v) is 7.78. The smallest absolute Gasteiger partial charge is 0.236 e. The van der Waals surface area contributed by atoms with Crippen molar-refractivity contribution in [3.05, 3.63) is 0 Å². The minimum Gasteiger partial charge on any atom is -0.345 e. The van der Waals surface area contributed by atoms with Gasteiger partial charge in [0.1, 0.15) is 0 Å². The summed E-state index contributed by atoms with van der Waals surface area (Å²) in [5.41, 5.74) is 0. The van der Waals surface area contributed by atoms with E-state index in [1.54, 1.807) is 0 Å². The molecule has 1 saturated heterocycles. The maximum Gasteiger partial charge on any atom is 0.236 e. The summed E-state index contributed by atoms with van der Waals surface area (Å²) >= 11 is 0. The average molecular weight is 269 g/mol. The molecule has 0 aromatic carbocycles. The van der Waals surface area contributed by atoms with Crippen LogP contribution in [0.25, 0.3) is 0 Å². The number of likely N-dealkylation sites (tertiary alicyclic amines) is 1. The van der Waals surface area contributed by atoms with E-state index in [0.717, 1.165) is 26.2 Å². The number of nitrogens with zero attached hydrogens (tertiary/aromatic N) is 2. The number of hydrogen-bond acceptors (Lipinski definition) is 3. The average Bonchev–Trinajstić information content (AvgIpc) is 2.43. The fourth-order valence-corrected chi connectivity index (χ4v) is 2.67. The van der Waals surface area contributed by atoms with Crippen molar-refractivity contribution in [2.45, 2.75) is 46.1 Å². The van der Waals surface area contributed by atoms with E-state index in [9.17, 15) is 4.79 Å². The largest absolute Gasteiger partial charge is 0.345 e. The zero-order valence-electron chi connectivity index (χ0n) is 13.1. The first kappa shape index (κ1) is 16.4. The van der Waals surface area contributed by atoms with Crippen molar-refractivity contribution < 1.29 is 4.79 Å². The Bertz CT molecular complexity index is 270. The Balaban J connectivity index is 2.39. The Morgan fingerprint density at radius 3 is 2.84 bits per heavy atom. The molecule has 0 saturated carbocycles. The maximum absolute atomic E-state index is 12.0. The van der Waals surface area contributed by atoms with E-state index in [0.29, 0.717) is 18.5 Å². The number of piperidine rings is 1. The molecule has 1 aliphatic heterocycles. The summed E-state index contributed by atoms with van der Waals surface area (Å²) in [5.74, 6) is 0.928. The molecular formula is C15H31N3O. The lowest BCUT2D eigenvalue weighted by molar-refractivity contribution is -0.131. The molecule has 4 nitrogen and oxygen atoms in total. The number of hydrogen-bond donors (Lipinski definition) is 1. The standard InChI is InChI=1S/C15H31N3O/c1-5-9-16-13(3)14-8-7-10-18(11-14)12-15(19)17(4)6-2/h13-14,16H,5-12H2,1-4H3. The molecule has 1 rings (SSSR count). The number of carbonyl (C=O) groups excluding carboxylic acids is 1. The highest BCUT2D eigenvalue weighted by Gasteiger charge is 2.25. The molecule has 0 aromatic heterocycles. The van der Waals surface area contributed by atoms with Crippen LogP contribution in [0, 0.1) is 5.92 Å². The van der Waals surface area contributed by atoms with Gasteiger partial charge in [-0.3, -0.25) is 9.69 Å². The van der Waals surface area contributed by atoms with Gasteiger partial charge in [0.25, 0.3) is 0 Å². The molecule has 1 N–H and O–H groups in total. The minimum absolute atomic E-state index is 0.248. The predicted molar refractivity (Wildman–Crippen MR) is 80.2 cm³/mol. The van der Waals surface area contributed by atoms with E-state index in [4.69, 9.17) is 0 Å². The molecule has 0 spiro atoms. The zero-order valence-corrected chi connectivity index (χ0v) is 13.1. The lowest BCUT2D eigenvalue weighted by Crippen LogP contribution is -2.47. The molecule has 0 aromatic rings. The van der Waals surface area contributed by atoms with Crippen molar-refractivity contribution >= 4 is 5.91 Å². The van der Waals surface area contributed by atoms with Gasteiger partial charge in [-0.2, -0.15) is 0 Å². The third-order valence-corrected chi connectivity index (χ3v) is 4.22. The minimum atomic E-state index is 0.248. The topological polar surface area (TPSA) is 35.6 Å². The summed E-state index contributed by atoms with van der Waals surface area (Å²) in [6.07, 6.45) is 3.68. The van der Waals surface area contributed by atoms with Crippen LogP contribution in [0.2, 0.25) is 0 Å². The van der Waals surface area contributed by atoms with Crippen LogP contribution in [0.3, 0.4) is 0 Å². The van der Waals surface area contributed by atoms with E-state index < -0.39 is 0 Å². The SMILES string of the molecule is CCCNC(C)C1CCCN(CC(=O)N(C)CC)C1. The number of nitrogens with one attached hydrogen (secondary N) is 1. The van der Waals surface area contributed by atoms with E-state index >= 15 is 0 Å². The molecule has 4 heteroatoms. The van der Waals surface area contributed by atoms with Gasteiger partial charge in [-0.25, -0.2) is 0 Å². The van der Waals surface area contributed by atoms with Crippen LogP contribution in [-0.4, -0.2) is 61.5 Å². The Morgan fingerprint density at radius 1 is 1.47 bits per heavy atom. The van der Waals surface area contributed by atoms with Gasteiger partial charge in [0.15, 0.2) is 0 Å². The molecule has 1 heterocycles. The fourth-order valence-electron chi connectivity index (χ4n) is 2.67. The van der Waals surface area contributed by atoms with Gasteiger partial charge in [0, 0.05) is 26.2 Å². The molecule has 2 unspecified atom stereocenters. The maximum atomic E-state index is 12.0. The van der Waals surface area contributed by atoms with E-state index in [1.807, 2.05) is 18.9 Å². The summed E-state index contributed by atoms with van der Waals surface area (Å²) in [7, 11) is 1.88. The summed E-state index contributed by atoms with van der Waals surface area (Å²) < 4.78 is 0. The highest BCUT2D eigenvalue weighted by Crippen LogP contribution is 2.19. The Morgan fingerprint density at radius 2 is 2.21 bits per heavy atom. The van der Waals surface area contributed by atoms with Crippen LogP contribution in [0.4, 0.5) is 0 Å². The van der Waals surface area contributed by atoms with E-state index in [1.165, 1.54) is 19.3 Å². The molecule has 2 atom stereocenters. The van der Waals surface area contributed by atoms with Crippen molar-refractivity contribution in [2.24, 2.45) is 5.92 Å². The molecule has 1 fully saturated rings. The molecule has 0 bridgehead atoms. The van der Waals surface area contributed by atoms with E-state index in [2.05, 4.69) is 24.1 Å². The summed E-state index contributed by atoms with van der Waals surface area (Å²) in [6.45, 7) is 11.1. The van der Waals surface area contributed by atoms with Gasteiger partial charge in [0.05, 0.1) is 6.54 Å². The van der Waals surface area contributed by atoms with Gasteiger partial charge in [-0.05, 0) is 52.1 Å². The molecule has 1 amide bonds. The molecule has 19 heavy (non-hydrogen) atoms. The molecule has 112 valence electrons. The Kier molecular flexibility index (Phi) is 7.39. The van der Waals surface area contributed by atoms with Gasteiger partial charge in [-0.1, -0.05) is 6.92 Å². The summed E-state index contributed by atoms with van der Waals surface area (Å²) in [6, 6.07) is 0.557. The summed E-state index contributed by atoms with van der Waals surface area (Å²) in [4.78, 5) is 16.1. The van der Waals surface area contributed by atoms with Crippen LogP contribution >= 0.6 is 0 Å². The third kappa shape index (κ3) is 5.49. The molecule has 0 aliphatic carbocycles. The number of amides is 1. The first-order valence-electron chi connectivity index (χ1n) is 7.78. The normalized spacial score (nSPS) is 22.2. The first-order chi connectivity index (χ1) is 9.08. The Labute approximate surface area is 118 Å².